The van der Waals surface area contributed by atoms with Gasteiger partial charge in [-0.15, -0.1) is 0 Å². The smallest absolute Gasteiger partial charge is 0.239 e. The second-order valence-electron chi connectivity index (χ2n) is 6.62. The average Bonchev–Trinajstić information content (AvgIpc) is 3.06. The van der Waals surface area contributed by atoms with E-state index in [1.807, 2.05) is 11.8 Å². The van der Waals surface area contributed by atoms with E-state index in [4.69, 9.17) is 4.74 Å². The molecule has 3 rings (SSSR count). The maximum Gasteiger partial charge on any atom is 0.239 e. The van der Waals surface area contributed by atoms with E-state index in [-0.39, 0.29) is 11.9 Å². The number of likely N-dealkylation sites (N-methyl/N-ethyl adjacent to an activating group) is 1. The predicted molar refractivity (Wildman–Crippen MR) is 86.6 cm³/mol. The Morgan fingerprint density at radius 1 is 1.41 bits per heavy atom. The van der Waals surface area contributed by atoms with Crippen molar-refractivity contribution in [3.8, 4) is 0 Å². The van der Waals surface area contributed by atoms with Crippen LogP contribution in [0.4, 0.5) is 0 Å². The van der Waals surface area contributed by atoms with Crippen LogP contribution in [0, 0.1) is 5.92 Å². The third-order valence-corrected chi connectivity index (χ3v) is 5.03. The van der Waals surface area contributed by atoms with Crippen LogP contribution in [-0.2, 0) is 22.5 Å². The van der Waals surface area contributed by atoms with Crippen molar-refractivity contribution >= 4 is 5.91 Å². The van der Waals surface area contributed by atoms with Gasteiger partial charge in [-0.3, -0.25) is 9.69 Å². The summed E-state index contributed by atoms with van der Waals surface area (Å²) in [6, 6.07) is 8.39. The summed E-state index contributed by atoms with van der Waals surface area (Å²) in [7, 11) is 2.05. The third kappa shape index (κ3) is 3.33. The maximum atomic E-state index is 12.8. The van der Waals surface area contributed by atoms with E-state index < -0.39 is 0 Å². The Hall–Kier alpha value is -1.39. The lowest BCUT2D eigenvalue weighted by molar-refractivity contribution is -0.137. The minimum atomic E-state index is -0.0640. The van der Waals surface area contributed by atoms with Gasteiger partial charge in [0, 0.05) is 26.2 Å². The molecule has 0 aromatic heterocycles. The van der Waals surface area contributed by atoms with Crippen LogP contribution in [0.5, 0.6) is 0 Å². The number of benzene rings is 1. The minimum absolute atomic E-state index is 0.0640. The van der Waals surface area contributed by atoms with Crippen LogP contribution >= 0.6 is 0 Å². The molecule has 0 unspecified atom stereocenters. The number of rotatable bonds is 4. The minimum Gasteiger partial charge on any atom is -0.381 e. The van der Waals surface area contributed by atoms with Crippen molar-refractivity contribution in [3.05, 3.63) is 35.4 Å². The van der Waals surface area contributed by atoms with Crippen molar-refractivity contribution < 1.29 is 9.53 Å². The molecule has 2 aliphatic heterocycles. The molecule has 0 aliphatic carbocycles. The van der Waals surface area contributed by atoms with Crippen LogP contribution in [0.2, 0.25) is 0 Å². The Kier molecular flexibility index (Phi) is 4.79. The Balaban J connectivity index is 1.59. The highest BCUT2D eigenvalue weighted by Gasteiger charge is 2.28. The molecule has 0 radical (unpaired) electrons. The topological polar surface area (TPSA) is 32.8 Å². The van der Waals surface area contributed by atoms with E-state index in [2.05, 4.69) is 36.2 Å². The summed E-state index contributed by atoms with van der Waals surface area (Å²) < 4.78 is 5.43. The highest BCUT2D eigenvalue weighted by molar-refractivity contribution is 5.81. The zero-order valence-corrected chi connectivity index (χ0v) is 13.6. The molecule has 1 saturated heterocycles. The van der Waals surface area contributed by atoms with Crippen LogP contribution in [0.15, 0.2) is 24.3 Å². The lowest BCUT2D eigenvalue weighted by atomic mass is 9.99. The van der Waals surface area contributed by atoms with E-state index in [1.165, 1.54) is 11.1 Å². The second kappa shape index (κ2) is 6.80. The molecule has 120 valence electrons. The monoisotopic (exact) mass is 302 g/mol. The molecule has 0 N–H and O–H groups in total. The highest BCUT2D eigenvalue weighted by atomic mass is 16.5. The molecule has 2 atom stereocenters. The maximum absolute atomic E-state index is 12.8. The van der Waals surface area contributed by atoms with Crippen molar-refractivity contribution in [1.82, 2.24) is 9.80 Å². The SMILES string of the molecule is C[C@@H](C(=O)N1CCc2ccccc2C1)N(C)C[C@H]1CCOC1. The molecule has 0 spiro atoms. The zero-order valence-electron chi connectivity index (χ0n) is 13.6. The number of hydrogen-bond acceptors (Lipinski definition) is 3. The van der Waals surface area contributed by atoms with Gasteiger partial charge >= 0.3 is 0 Å². The van der Waals surface area contributed by atoms with Crippen LogP contribution in [0.3, 0.4) is 0 Å². The lowest BCUT2D eigenvalue weighted by Gasteiger charge is -2.34. The molecule has 1 aromatic carbocycles. The van der Waals surface area contributed by atoms with Gasteiger partial charge in [-0.1, -0.05) is 24.3 Å². The van der Waals surface area contributed by atoms with Gasteiger partial charge in [0.25, 0.3) is 0 Å². The van der Waals surface area contributed by atoms with E-state index in [1.54, 1.807) is 0 Å². The number of fused-ring (bicyclic) bond motifs is 1. The first kappa shape index (κ1) is 15.5. The fourth-order valence-electron chi connectivity index (χ4n) is 3.43. The van der Waals surface area contributed by atoms with Gasteiger partial charge in [0.1, 0.15) is 0 Å². The molecule has 22 heavy (non-hydrogen) atoms. The fraction of sp³-hybridized carbons (Fsp3) is 0.611. The van der Waals surface area contributed by atoms with Crippen molar-refractivity contribution in [2.75, 3.05) is 33.4 Å². The number of nitrogens with zero attached hydrogens (tertiary/aromatic N) is 2. The average molecular weight is 302 g/mol. The van der Waals surface area contributed by atoms with Gasteiger partial charge < -0.3 is 9.64 Å². The molecule has 0 bridgehead atoms. The van der Waals surface area contributed by atoms with Crippen LogP contribution in [-0.4, -0.2) is 55.1 Å². The summed E-state index contributed by atoms with van der Waals surface area (Å²) in [5, 5.41) is 0. The first-order valence-corrected chi connectivity index (χ1v) is 8.28. The van der Waals surface area contributed by atoms with Crippen LogP contribution < -0.4 is 0 Å². The number of carbonyl (C=O) groups is 1. The molecule has 2 heterocycles. The standard InChI is InChI=1S/C18H26N2O2/c1-14(19(2)11-15-8-10-22-13-15)18(21)20-9-7-16-5-3-4-6-17(16)12-20/h3-6,14-15H,7-13H2,1-2H3/t14-,15+/m0/s1. The lowest BCUT2D eigenvalue weighted by Crippen LogP contribution is -2.48. The van der Waals surface area contributed by atoms with Crippen molar-refractivity contribution in [2.45, 2.75) is 32.4 Å². The summed E-state index contributed by atoms with van der Waals surface area (Å²) in [6.45, 7) is 6.25. The molecule has 2 aliphatic rings. The van der Waals surface area contributed by atoms with Gasteiger partial charge in [0.2, 0.25) is 5.91 Å². The van der Waals surface area contributed by atoms with Crippen molar-refractivity contribution in [2.24, 2.45) is 5.92 Å². The first-order chi connectivity index (χ1) is 10.6. The Labute approximate surface area is 133 Å². The molecule has 1 fully saturated rings. The first-order valence-electron chi connectivity index (χ1n) is 8.28. The van der Waals surface area contributed by atoms with Crippen molar-refractivity contribution in [3.63, 3.8) is 0 Å². The van der Waals surface area contributed by atoms with E-state index in [0.29, 0.717) is 5.92 Å². The second-order valence-corrected chi connectivity index (χ2v) is 6.62. The number of carbonyl (C=O) groups excluding carboxylic acids is 1. The van der Waals surface area contributed by atoms with Crippen molar-refractivity contribution in [1.29, 1.82) is 0 Å². The summed E-state index contributed by atoms with van der Waals surface area (Å²) >= 11 is 0. The summed E-state index contributed by atoms with van der Waals surface area (Å²) in [5.41, 5.74) is 2.68. The van der Waals surface area contributed by atoms with Gasteiger partial charge in [-0.05, 0) is 43.9 Å². The molecular weight excluding hydrogens is 276 g/mol. The summed E-state index contributed by atoms with van der Waals surface area (Å²) in [6.07, 6.45) is 2.08. The summed E-state index contributed by atoms with van der Waals surface area (Å²) in [4.78, 5) is 17.0. The predicted octanol–water partition coefficient (Wildman–Crippen LogP) is 1.93. The normalized spacial score (nSPS) is 22.7. The molecule has 1 aromatic rings. The van der Waals surface area contributed by atoms with E-state index in [0.717, 1.165) is 45.7 Å². The molecule has 0 saturated carbocycles. The zero-order chi connectivity index (χ0) is 15.5. The molecule has 4 nitrogen and oxygen atoms in total. The molecular formula is C18H26N2O2. The Bertz CT molecular complexity index is 526. The van der Waals surface area contributed by atoms with Gasteiger partial charge in [-0.25, -0.2) is 0 Å². The molecule has 1 amide bonds. The number of amides is 1. The molecule has 4 heteroatoms. The highest BCUT2D eigenvalue weighted by Crippen LogP contribution is 2.20. The fourth-order valence-corrected chi connectivity index (χ4v) is 3.43. The van der Waals surface area contributed by atoms with E-state index in [9.17, 15) is 4.79 Å². The quantitative estimate of drug-likeness (QED) is 0.852. The number of hydrogen-bond donors (Lipinski definition) is 0. The number of ether oxygens (including phenoxy) is 1. The Morgan fingerprint density at radius 3 is 2.91 bits per heavy atom. The summed E-state index contributed by atoms with van der Waals surface area (Å²) in [5.74, 6) is 0.818. The van der Waals surface area contributed by atoms with Crippen LogP contribution in [0.25, 0.3) is 0 Å². The van der Waals surface area contributed by atoms with E-state index >= 15 is 0 Å². The third-order valence-electron chi connectivity index (χ3n) is 5.03. The van der Waals surface area contributed by atoms with Gasteiger partial charge in [0.15, 0.2) is 0 Å². The van der Waals surface area contributed by atoms with Crippen LogP contribution in [0.1, 0.15) is 24.5 Å². The largest absolute Gasteiger partial charge is 0.381 e. The Morgan fingerprint density at radius 2 is 2.18 bits per heavy atom. The van der Waals surface area contributed by atoms with Gasteiger partial charge in [0.05, 0.1) is 12.6 Å². The van der Waals surface area contributed by atoms with Gasteiger partial charge in [-0.2, -0.15) is 0 Å².